The van der Waals surface area contributed by atoms with Crippen LogP contribution in [0.5, 0.6) is 0 Å². The first kappa shape index (κ1) is 14.5. The molecule has 0 spiro atoms. The van der Waals surface area contributed by atoms with Gasteiger partial charge in [-0.1, -0.05) is 11.6 Å². The minimum absolute atomic E-state index is 0.0101. The Kier molecular flexibility index (Phi) is 3.82. The third-order valence-corrected chi connectivity index (χ3v) is 4.06. The molecule has 0 bridgehead atoms. The van der Waals surface area contributed by atoms with Gasteiger partial charge >= 0.3 is 0 Å². The third-order valence-electron chi connectivity index (χ3n) is 2.40. The molecule has 0 aromatic heterocycles. The second kappa shape index (κ2) is 5.26. The Morgan fingerprint density at radius 1 is 1.10 bits per heavy atom. The van der Waals surface area contributed by atoms with Crippen LogP contribution in [-0.4, -0.2) is 8.42 Å². The Bertz CT molecular complexity index is 749. The first-order chi connectivity index (χ1) is 9.29. The van der Waals surface area contributed by atoms with Gasteiger partial charge in [-0.2, -0.15) is 0 Å². The average molecular weight is 319 g/mol. The van der Waals surface area contributed by atoms with E-state index in [0.717, 1.165) is 24.3 Å². The molecule has 0 fully saturated rings. The van der Waals surface area contributed by atoms with E-state index in [9.17, 15) is 17.2 Å². The average Bonchev–Trinajstić information content (AvgIpc) is 2.36. The first-order valence-corrected chi connectivity index (χ1v) is 7.18. The fourth-order valence-corrected chi connectivity index (χ4v) is 2.98. The quantitative estimate of drug-likeness (QED) is 0.854. The predicted molar refractivity (Wildman–Crippen MR) is 73.0 cm³/mol. The number of nitrogen functional groups attached to an aromatic ring is 1. The molecule has 0 aliphatic heterocycles. The maximum absolute atomic E-state index is 13.8. The molecule has 4 nitrogen and oxygen atoms in total. The van der Waals surface area contributed by atoms with Gasteiger partial charge in [0.05, 0.1) is 5.02 Å². The van der Waals surface area contributed by atoms with Gasteiger partial charge in [0.25, 0.3) is 10.0 Å². The van der Waals surface area contributed by atoms with E-state index < -0.39 is 31.6 Å². The Balaban J connectivity index is 2.43. The SMILES string of the molecule is Nc1cc(Cl)c(F)c(S(=O)(=O)Nc2ccc(F)cc2)c1. The Morgan fingerprint density at radius 2 is 1.70 bits per heavy atom. The van der Waals surface area contributed by atoms with Crippen LogP contribution in [0, 0.1) is 11.6 Å². The van der Waals surface area contributed by atoms with Gasteiger partial charge in [0.15, 0.2) is 5.82 Å². The number of sulfonamides is 1. The molecule has 0 unspecified atom stereocenters. The van der Waals surface area contributed by atoms with Gasteiger partial charge in [0, 0.05) is 11.4 Å². The topological polar surface area (TPSA) is 72.2 Å². The van der Waals surface area contributed by atoms with Crippen molar-refractivity contribution in [2.24, 2.45) is 0 Å². The van der Waals surface area contributed by atoms with E-state index in [1.54, 1.807) is 0 Å². The second-order valence-electron chi connectivity index (χ2n) is 3.93. The van der Waals surface area contributed by atoms with E-state index in [-0.39, 0.29) is 11.4 Å². The van der Waals surface area contributed by atoms with Gasteiger partial charge in [-0.25, -0.2) is 17.2 Å². The molecular formula is C12H9ClF2N2O2S. The summed E-state index contributed by atoms with van der Waals surface area (Å²) in [6.07, 6.45) is 0. The maximum atomic E-state index is 13.8. The van der Waals surface area contributed by atoms with E-state index in [0.29, 0.717) is 0 Å². The molecule has 106 valence electrons. The van der Waals surface area contributed by atoms with Gasteiger partial charge in [0.1, 0.15) is 10.7 Å². The fourth-order valence-electron chi connectivity index (χ4n) is 1.51. The van der Waals surface area contributed by atoms with Crippen molar-refractivity contribution in [3.05, 3.63) is 53.1 Å². The normalized spacial score (nSPS) is 11.3. The molecule has 0 saturated heterocycles. The molecule has 0 atom stereocenters. The highest BCUT2D eigenvalue weighted by molar-refractivity contribution is 7.92. The van der Waals surface area contributed by atoms with Crippen LogP contribution in [0.25, 0.3) is 0 Å². The van der Waals surface area contributed by atoms with Gasteiger partial charge < -0.3 is 5.73 Å². The number of anilines is 2. The minimum Gasteiger partial charge on any atom is -0.399 e. The van der Waals surface area contributed by atoms with E-state index >= 15 is 0 Å². The summed E-state index contributed by atoms with van der Waals surface area (Å²) < 4.78 is 52.7. The van der Waals surface area contributed by atoms with E-state index in [2.05, 4.69) is 4.72 Å². The third kappa shape index (κ3) is 3.00. The van der Waals surface area contributed by atoms with Crippen molar-refractivity contribution >= 4 is 33.0 Å². The van der Waals surface area contributed by atoms with Crippen molar-refractivity contribution in [3.63, 3.8) is 0 Å². The van der Waals surface area contributed by atoms with Gasteiger partial charge in [-0.05, 0) is 36.4 Å². The molecule has 2 aromatic rings. The van der Waals surface area contributed by atoms with Gasteiger partial charge in [-0.3, -0.25) is 4.72 Å². The van der Waals surface area contributed by atoms with Crippen molar-refractivity contribution < 1.29 is 17.2 Å². The summed E-state index contributed by atoms with van der Waals surface area (Å²) in [6.45, 7) is 0. The van der Waals surface area contributed by atoms with Gasteiger partial charge in [0.2, 0.25) is 0 Å². The van der Waals surface area contributed by atoms with Crippen molar-refractivity contribution in [2.75, 3.05) is 10.5 Å². The molecule has 0 radical (unpaired) electrons. The summed E-state index contributed by atoms with van der Waals surface area (Å²) in [7, 11) is -4.21. The van der Waals surface area contributed by atoms with Crippen LogP contribution < -0.4 is 10.5 Å². The molecule has 2 aromatic carbocycles. The molecule has 0 aliphatic rings. The Morgan fingerprint density at radius 3 is 2.30 bits per heavy atom. The summed E-state index contributed by atoms with van der Waals surface area (Å²) in [5.41, 5.74) is 5.54. The first-order valence-electron chi connectivity index (χ1n) is 5.32. The number of benzene rings is 2. The van der Waals surface area contributed by atoms with E-state index in [1.807, 2.05) is 0 Å². The van der Waals surface area contributed by atoms with Crippen LogP contribution in [0.4, 0.5) is 20.2 Å². The lowest BCUT2D eigenvalue weighted by Gasteiger charge is -2.10. The van der Waals surface area contributed by atoms with Crippen molar-refractivity contribution in [1.29, 1.82) is 0 Å². The van der Waals surface area contributed by atoms with Crippen LogP contribution in [-0.2, 0) is 10.0 Å². The van der Waals surface area contributed by atoms with Crippen molar-refractivity contribution in [2.45, 2.75) is 4.90 Å². The summed E-state index contributed by atoms with van der Waals surface area (Å²) in [5, 5.41) is -0.399. The molecule has 2 rings (SSSR count). The molecule has 3 N–H and O–H groups in total. The molecule has 8 heteroatoms. The lowest BCUT2D eigenvalue weighted by molar-refractivity contribution is 0.570. The summed E-state index contributed by atoms with van der Waals surface area (Å²) >= 11 is 5.55. The number of hydrogen-bond donors (Lipinski definition) is 2. The highest BCUT2D eigenvalue weighted by Crippen LogP contribution is 2.27. The van der Waals surface area contributed by atoms with Crippen LogP contribution in [0.3, 0.4) is 0 Å². The largest absolute Gasteiger partial charge is 0.399 e. The lowest BCUT2D eigenvalue weighted by Crippen LogP contribution is -2.15. The number of rotatable bonds is 3. The summed E-state index contributed by atoms with van der Waals surface area (Å²) in [4.78, 5) is -0.674. The fraction of sp³-hybridized carbons (Fsp3) is 0. The zero-order valence-electron chi connectivity index (χ0n) is 9.90. The highest BCUT2D eigenvalue weighted by atomic mass is 35.5. The maximum Gasteiger partial charge on any atom is 0.264 e. The van der Waals surface area contributed by atoms with Crippen molar-refractivity contribution in [3.8, 4) is 0 Å². The van der Waals surface area contributed by atoms with Crippen LogP contribution in [0.1, 0.15) is 0 Å². The second-order valence-corrected chi connectivity index (χ2v) is 5.99. The minimum atomic E-state index is -4.21. The zero-order valence-corrected chi connectivity index (χ0v) is 11.5. The predicted octanol–water partition coefficient (Wildman–Crippen LogP) is 3.00. The molecule has 0 saturated carbocycles. The molecule has 0 amide bonds. The van der Waals surface area contributed by atoms with Crippen molar-refractivity contribution in [1.82, 2.24) is 0 Å². The standard InChI is InChI=1S/C12H9ClF2N2O2S/c13-10-5-8(16)6-11(12(10)15)20(18,19)17-9-3-1-7(14)2-4-9/h1-6,17H,16H2. The molecule has 20 heavy (non-hydrogen) atoms. The Labute approximate surface area is 119 Å². The zero-order chi connectivity index (χ0) is 14.9. The van der Waals surface area contributed by atoms with Crippen LogP contribution in [0.15, 0.2) is 41.3 Å². The summed E-state index contributed by atoms with van der Waals surface area (Å²) in [6, 6.07) is 6.61. The Hall–Kier alpha value is -1.86. The highest BCUT2D eigenvalue weighted by Gasteiger charge is 2.22. The lowest BCUT2D eigenvalue weighted by atomic mass is 10.3. The molecule has 0 aliphatic carbocycles. The van der Waals surface area contributed by atoms with E-state index in [1.165, 1.54) is 12.1 Å². The van der Waals surface area contributed by atoms with E-state index in [4.69, 9.17) is 17.3 Å². The smallest absolute Gasteiger partial charge is 0.264 e. The monoisotopic (exact) mass is 318 g/mol. The number of nitrogens with two attached hydrogens (primary N) is 1. The number of hydrogen-bond acceptors (Lipinski definition) is 3. The number of halogens is 3. The summed E-state index contributed by atoms with van der Waals surface area (Å²) in [5.74, 6) is -1.62. The molecular weight excluding hydrogens is 310 g/mol. The van der Waals surface area contributed by atoms with Crippen LogP contribution >= 0.6 is 11.6 Å². The van der Waals surface area contributed by atoms with Crippen LogP contribution in [0.2, 0.25) is 5.02 Å². The number of nitrogens with one attached hydrogen (secondary N) is 1. The van der Waals surface area contributed by atoms with Gasteiger partial charge in [-0.15, -0.1) is 0 Å². The molecule has 0 heterocycles.